The largest absolute Gasteiger partial charge is 0.366 e. The van der Waals surface area contributed by atoms with Gasteiger partial charge in [-0.1, -0.05) is 59.7 Å². The van der Waals surface area contributed by atoms with Gasteiger partial charge in [0.05, 0.1) is 4.90 Å². The predicted molar refractivity (Wildman–Crippen MR) is 114 cm³/mol. The molecule has 2 aromatic rings. The first-order chi connectivity index (χ1) is 12.9. The van der Waals surface area contributed by atoms with Gasteiger partial charge in [-0.3, -0.25) is 9.52 Å². The normalized spacial score (nSPS) is 12.0. The molecule has 5 nitrogen and oxygen atoms in total. The lowest BCUT2D eigenvalue weighted by molar-refractivity contribution is 0.100. The summed E-state index contributed by atoms with van der Waals surface area (Å²) in [5, 5.41) is 0. The molecule has 6 heteroatoms. The van der Waals surface area contributed by atoms with Crippen LogP contribution in [0.5, 0.6) is 0 Å². The molecule has 0 bridgehead atoms. The third kappa shape index (κ3) is 4.73. The number of nitrogens with two attached hydrogens (primary N) is 1. The number of benzene rings is 2. The average Bonchev–Trinajstić information content (AvgIpc) is 2.60. The van der Waals surface area contributed by atoms with Gasteiger partial charge in [-0.05, 0) is 52.6 Å². The first-order valence-corrected chi connectivity index (χ1v) is 11.0. The fourth-order valence-electron chi connectivity index (χ4n) is 3.14. The second kappa shape index (κ2) is 8.35. The van der Waals surface area contributed by atoms with E-state index in [-0.39, 0.29) is 17.4 Å². The molecule has 0 heterocycles. The maximum Gasteiger partial charge on any atom is 0.262 e. The molecule has 0 aromatic heterocycles. The molecule has 0 atom stereocenters. The van der Waals surface area contributed by atoms with Crippen molar-refractivity contribution in [3.05, 3.63) is 58.7 Å². The Morgan fingerprint density at radius 3 is 1.86 bits per heavy atom. The van der Waals surface area contributed by atoms with Crippen LogP contribution in [0.3, 0.4) is 0 Å². The molecule has 0 aliphatic carbocycles. The molecule has 0 spiro atoms. The third-order valence-electron chi connectivity index (χ3n) is 4.75. The molecule has 2 aromatic carbocycles. The van der Waals surface area contributed by atoms with E-state index in [1.807, 2.05) is 39.8 Å². The molecule has 0 saturated carbocycles. The Kier molecular flexibility index (Phi) is 6.55. The molecular weight excluding hydrogens is 372 g/mol. The van der Waals surface area contributed by atoms with Crippen molar-refractivity contribution in [2.75, 3.05) is 4.72 Å². The van der Waals surface area contributed by atoms with Crippen LogP contribution in [0, 0.1) is 0 Å². The summed E-state index contributed by atoms with van der Waals surface area (Å²) in [5.74, 6) is -0.223. The second-order valence-electron chi connectivity index (χ2n) is 8.04. The van der Waals surface area contributed by atoms with Crippen molar-refractivity contribution < 1.29 is 13.2 Å². The van der Waals surface area contributed by atoms with Crippen LogP contribution in [0.2, 0.25) is 0 Å². The Hall–Kier alpha value is -2.34. The quantitative estimate of drug-likeness (QED) is 0.686. The number of sulfonamides is 1. The second-order valence-corrected chi connectivity index (χ2v) is 9.66. The van der Waals surface area contributed by atoms with E-state index in [1.165, 1.54) is 6.07 Å². The van der Waals surface area contributed by atoms with Gasteiger partial charge in [0.25, 0.3) is 10.0 Å². The minimum Gasteiger partial charge on any atom is -0.366 e. The van der Waals surface area contributed by atoms with Crippen LogP contribution in [0.1, 0.15) is 86.3 Å². The summed E-state index contributed by atoms with van der Waals surface area (Å²) in [6.45, 7) is 12.2. The minimum absolute atomic E-state index is 0.0414. The highest BCUT2D eigenvalue weighted by molar-refractivity contribution is 7.92. The molecule has 0 saturated heterocycles. The van der Waals surface area contributed by atoms with Gasteiger partial charge < -0.3 is 5.73 Å². The third-order valence-corrected chi connectivity index (χ3v) is 6.26. The lowest BCUT2D eigenvalue weighted by Crippen LogP contribution is -2.19. The van der Waals surface area contributed by atoms with Crippen molar-refractivity contribution in [3.8, 4) is 0 Å². The number of hydrogen-bond acceptors (Lipinski definition) is 3. The monoisotopic (exact) mass is 402 g/mol. The van der Waals surface area contributed by atoms with Crippen molar-refractivity contribution in [3.63, 3.8) is 0 Å². The van der Waals surface area contributed by atoms with Crippen molar-refractivity contribution in [1.29, 1.82) is 0 Å². The van der Waals surface area contributed by atoms with E-state index in [2.05, 4.69) is 18.6 Å². The summed E-state index contributed by atoms with van der Waals surface area (Å²) in [4.78, 5) is 11.7. The highest BCUT2D eigenvalue weighted by Crippen LogP contribution is 2.36. The fraction of sp³-hybridized carbons (Fsp3) is 0.409. The molecule has 28 heavy (non-hydrogen) atoms. The van der Waals surface area contributed by atoms with Crippen LogP contribution in [0.15, 0.2) is 41.3 Å². The standard InChI is InChI=1S/C22H30N2O3S/c1-13(2)17-11-19(14(3)4)21(20(12-17)15(5)6)28(26,27)24-18-9-7-8-16(10-18)22(23)25/h7-15,24H,1-6H3,(H2,23,25). The molecule has 0 radical (unpaired) electrons. The van der Waals surface area contributed by atoms with E-state index in [4.69, 9.17) is 5.73 Å². The van der Waals surface area contributed by atoms with Gasteiger partial charge in [0, 0.05) is 11.3 Å². The zero-order valence-corrected chi connectivity index (χ0v) is 18.2. The van der Waals surface area contributed by atoms with Crippen molar-refractivity contribution in [1.82, 2.24) is 0 Å². The fourth-order valence-corrected chi connectivity index (χ4v) is 4.89. The molecular formula is C22H30N2O3S. The molecule has 3 N–H and O–H groups in total. The van der Waals surface area contributed by atoms with Crippen LogP contribution in [-0.4, -0.2) is 14.3 Å². The van der Waals surface area contributed by atoms with Crippen molar-refractivity contribution >= 4 is 21.6 Å². The van der Waals surface area contributed by atoms with E-state index in [1.54, 1.807) is 18.2 Å². The summed E-state index contributed by atoms with van der Waals surface area (Å²) in [6.07, 6.45) is 0. The summed E-state index contributed by atoms with van der Waals surface area (Å²) in [7, 11) is -3.85. The zero-order chi connectivity index (χ0) is 21.2. The Labute approximate surface area is 168 Å². The topological polar surface area (TPSA) is 89.3 Å². The zero-order valence-electron chi connectivity index (χ0n) is 17.4. The van der Waals surface area contributed by atoms with Gasteiger partial charge >= 0.3 is 0 Å². The lowest BCUT2D eigenvalue weighted by Gasteiger charge is -2.23. The van der Waals surface area contributed by atoms with Gasteiger partial charge in [0.1, 0.15) is 0 Å². The summed E-state index contributed by atoms with van der Waals surface area (Å²) < 4.78 is 29.4. The maximum absolute atomic E-state index is 13.4. The number of hydrogen-bond donors (Lipinski definition) is 2. The Morgan fingerprint density at radius 2 is 1.43 bits per heavy atom. The van der Waals surface area contributed by atoms with Crippen molar-refractivity contribution in [2.45, 2.75) is 64.2 Å². The first kappa shape index (κ1) is 22.0. The molecule has 152 valence electrons. The number of carbonyl (C=O) groups excluding carboxylic acids is 1. The maximum atomic E-state index is 13.4. The van der Waals surface area contributed by atoms with Crippen LogP contribution in [0.25, 0.3) is 0 Å². The smallest absolute Gasteiger partial charge is 0.262 e. The van der Waals surface area contributed by atoms with Crippen LogP contribution in [-0.2, 0) is 10.0 Å². The van der Waals surface area contributed by atoms with Gasteiger partial charge in [-0.15, -0.1) is 0 Å². The molecule has 0 aliphatic rings. The molecule has 1 amide bonds. The van der Waals surface area contributed by atoms with Crippen LogP contribution < -0.4 is 10.5 Å². The number of amides is 1. The molecule has 0 aliphatic heterocycles. The lowest BCUT2D eigenvalue weighted by atomic mass is 9.89. The van der Waals surface area contributed by atoms with E-state index >= 15 is 0 Å². The predicted octanol–water partition coefficient (Wildman–Crippen LogP) is 4.96. The number of nitrogens with one attached hydrogen (secondary N) is 1. The SMILES string of the molecule is CC(C)c1cc(C(C)C)c(S(=O)(=O)Nc2cccc(C(N)=O)c2)c(C(C)C)c1. The van der Waals surface area contributed by atoms with E-state index in [0.29, 0.717) is 16.5 Å². The number of rotatable bonds is 7. The van der Waals surface area contributed by atoms with Gasteiger partial charge in [-0.2, -0.15) is 0 Å². The number of carbonyl (C=O) groups is 1. The Balaban J connectivity index is 2.66. The number of primary amides is 1. The van der Waals surface area contributed by atoms with Gasteiger partial charge in [0.2, 0.25) is 5.91 Å². The number of anilines is 1. The minimum atomic E-state index is -3.85. The summed E-state index contributed by atoms with van der Waals surface area (Å²) in [5.41, 5.74) is 8.61. The van der Waals surface area contributed by atoms with Gasteiger partial charge in [-0.25, -0.2) is 8.42 Å². The van der Waals surface area contributed by atoms with E-state index < -0.39 is 15.9 Å². The first-order valence-electron chi connectivity index (χ1n) is 9.54. The average molecular weight is 403 g/mol. The van der Waals surface area contributed by atoms with Crippen LogP contribution in [0.4, 0.5) is 5.69 Å². The van der Waals surface area contributed by atoms with Crippen LogP contribution >= 0.6 is 0 Å². The molecule has 2 rings (SSSR count). The van der Waals surface area contributed by atoms with Crippen molar-refractivity contribution in [2.24, 2.45) is 5.73 Å². The molecule has 0 unspecified atom stereocenters. The molecule has 0 fully saturated rings. The summed E-state index contributed by atoms with van der Waals surface area (Å²) in [6, 6.07) is 10.2. The van der Waals surface area contributed by atoms with E-state index in [0.717, 1.165) is 16.7 Å². The summed E-state index contributed by atoms with van der Waals surface area (Å²) >= 11 is 0. The van der Waals surface area contributed by atoms with Gasteiger partial charge in [0.15, 0.2) is 0 Å². The Morgan fingerprint density at radius 1 is 0.893 bits per heavy atom. The Bertz CT molecular complexity index is 948. The van der Waals surface area contributed by atoms with E-state index in [9.17, 15) is 13.2 Å². The highest BCUT2D eigenvalue weighted by atomic mass is 32.2. The highest BCUT2D eigenvalue weighted by Gasteiger charge is 2.27.